The SMILES string of the molecule is CCC(C)N/C=C(\N)C1CCCCC1. The van der Waals surface area contributed by atoms with Gasteiger partial charge in [-0.2, -0.15) is 0 Å². The first kappa shape index (κ1) is 11.4. The van der Waals surface area contributed by atoms with Gasteiger partial charge in [-0.15, -0.1) is 0 Å². The molecule has 1 unspecified atom stereocenters. The summed E-state index contributed by atoms with van der Waals surface area (Å²) >= 11 is 0. The Balaban J connectivity index is 2.34. The summed E-state index contributed by atoms with van der Waals surface area (Å²) in [4.78, 5) is 0. The Labute approximate surface area is 87.9 Å². The highest BCUT2D eigenvalue weighted by Crippen LogP contribution is 2.26. The molecule has 0 radical (unpaired) electrons. The van der Waals surface area contributed by atoms with Crippen molar-refractivity contribution >= 4 is 0 Å². The Morgan fingerprint density at radius 2 is 2.07 bits per heavy atom. The summed E-state index contributed by atoms with van der Waals surface area (Å²) < 4.78 is 0. The van der Waals surface area contributed by atoms with Crippen LogP contribution in [0, 0.1) is 5.92 Å². The van der Waals surface area contributed by atoms with E-state index in [1.165, 1.54) is 32.1 Å². The highest BCUT2D eigenvalue weighted by Gasteiger charge is 2.15. The van der Waals surface area contributed by atoms with Crippen LogP contribution in [-0.4, -0.2) is 6.04 Å². The third-order valence-corrected chi connectivity index (χ3v) is 3.22. The lowest BCUT2D eigenvalue weighted by Gasteiger charge is -2.22. The number of nitrogens with two attached hydrogens (primary N) is 1. The second-order valence-electron chi connectivity index (χ2n) is 4.46. The van der Waals surface area contributed by atoms with E-state index >= 15 is 0 Å². The van der Waals surface area contributed by atoms with Crippen molar-refractivity contribution in [1.82, 2.24) is 5.32 Å². The first-order valence-electron chi connectivity index (χ1n) is 5.95. The van der Waals surface area contributed by atoms with E-state index < -0.39 is 0 Å². The lowest BCUT2D eigenvalue weighted by Crippen LogP contribution is -2.24. The highest BCUT2D eigenvalue weighted by molar-refractivity contribution is 5.02. The smallest absolute Gasteiger partial charge is 0.0271 e. The minimum absolute atomic E-state index is 0.539. The summed E-state index contributed by atoms with van der Waals surface area (Å²) in [6, 6.07) is 0.539. The third-order valence-electron chi connectivity index (χ3n) is 3.22. The topological polar surface area (TPSA) is 38.0 Å². The maximum absolute atomic E-state index is 6.05. The number of rotatable bonds is 4. The highest BCUT2D eigenvalue weighted by atomic mass is 14.9. The minimum Gasteiger partial charge on any atom is -0.401 e. The van der Waals surface area contributed by atoms with Gasteiger partial charge in [-0.3, -0.25) is 0 Å². The molecule has 2 heteroatoms. The molecule has 1 fully saturated rings. The van der Waals surface area contributed by atoms with E-state index in [0.29, 0.717) is 12.0 Å². The Morgan fingerprint density at radius 3 is 2.64 bits per heavy atom. The first-order chi connectivity index (χ1) is 6.74. The molecule has 1 saturated carbocycles. The molecule has 82 valence electrons. The van der Waals surface area contributed by atoms with E-state index in [1.54, 1.807) is 0 Å². The van der Waals surface area contributed by atoms with Crippen LogP contribution >= 0.6 is 0 Å². The zero-order chi connectivity index (χ0) is 10.4. The number of hydrogen-bond acceptors (Lipinski definition) is 2. The van der Waals surface area contributed by atoms with Crippen LogP contribution in [0.25, 0.3) is 0 Å². The van der Waals surface area contributed by atoms with Crippen molar-refractivity contribution in [1.29, 1.82) is 0 Å². The summed E-state index contributed by atoms with van der Waals surface area (Å²) in [5, 5.41) is 3.34. The van der Waals surface area contributed by atoms with Gasteiger partial charge in [0.2, 0.25) is 0 Å². The van der Waals surface area contributed by atoms with Crippen molar-refractivity contribution in [3.8, 4) is 0 Å². The van der Waals surface area contributed by atoms with Crippen molar-refractivity contribution in [3.63, 3.8) is 0 Å². The van der Waals surface area contributed by atoms with Gasteiger partial charge in [0.15, 0.2) is 0 Å². The quantitative estimate of drug-likeness (QED) is 0.725. The Kier molecular flexibility index (Phi) is 4.85. The molecule has 2 nitrogen and oxygen atoms in total. The molecule has 0 aromatic carbocycles. The normalized spacial score (nSPS) is 22.0. The van der Waals surface area contributed by atoms with Crippen LogP contribution in [0.3, 0.4) is 0 Å². The van der Waals surface area contributed by atoms with E-state index in [0.717, 1.165) is 12.1 Å². The van der Waals surface area contributed by atoms with Gasteiger partial charge in [-0.05, 0) is 32.1 Å². The fraction of sp³-hybridized carbons (Fsp3) is 0.833. The molecule has 0 amide bonds. The van der Waals surface area contributed by atoms with E-state index in [1.807, 2.05) is 6.20 Å². The van der Waals surface area contributed by atoms with E-state index in [-0.39, 0.29) is 0 Å². The molecule has 0 heterocycles. The van der Waals surface area contributed by atoms with E-state index in [4.69, 9.17) is 5.73 Å². The third kappa shape index (κ3) is 3.60. The molecule has 0 aromatic heterocycles. The average Bonchev–Trinajstić information content (AvgIpc) is 2.26. The lowest BCUT2D eigenvalue weighted by molar-refractivity contribution is 0.397. The first-order valence-corrected chi connectivity index (χ1v) is 5.95. The van der Waals surface area contributed by atoms with Gasteiger partial charge in [-0.25, -0.2) is 0 Å². The predicted octanol–water partition coefficient (Wildman–Crippen LogP) is 2.75. The van der Waals surface area contributed by atoms with Gasteiger partial charge in [0, 0.05) is 17.9 Å². The maximum Gasteiger partial charge on any atom is 0.0271 e. The average molecular weight is 196 g/mol. The predicted molar refractivity (Wildman–Crippen MR) is 61.7 cm³/mol. The van der Waals surface area contributed by atoms with Gasteiger partial charge >= 0.3 is 0 Å². The molecule has 3 N–H and O–H groups in total. The molecule has 0 bridgehead atoms. The van der Waals surface area contributed by atoms with Crippen molar-refractivity contribution < 1.29 is 0 Å². The van der Waals surface area contributed by atoms with Crippen molar-refractivity contribution in [3.05, 3.63) is 11.9 Å². The molecular weight excluding hydrogens is 172 g/mol. The molecule has 0 spiro atoms. The van der Waals surface area contributed by atoms with Crippen LogP contribution in [0.5, 0.6) is 0 Å². The molecule has 1 rings (SSSR count). The Hall–Kier alpha value is -0.660. The molecule has 0 aromatic rings. The molecule has 1 atom stereocenters. The van der Waals surface area contributed by atoms with Crippen LogP contribution in [-0.2, 0) is 0 Å². The van der Waals surface area contributed by atoms with Gasteiger partial charge in [0.25, 0.3) is 0 Å². The van der Waals surface area contributed by atoms with Crippen LogP contribution in [0.2, 0.25) is 0 Å². The molecule has 0 aliphatic heterocycles. The fourth-order valence-electron chi connectivity index (χ4n) is 1.91. The summed E-state index contributed by atoms with van der Waals surface area (Å²) in [7, 11) is 0. The van der Waals surface area contributed by atoms with Gasteiger partial charge in [0.05, 0.1) is 0 Å². The number of allylic oxidation sites excluding steroid dienone is 1. The second kappa shape index (κ2) is 5.94. The minimum atomic E-state index is 0.539. The molecule has 0 saturated heterocycles. The monoisotopic (exact) mass is 196 g/mol. The second-order valence-corrected chi connectivity index (χ2v) is 4.46. The molecule has 1 aliphatic rings. The summed E-state index contributed by atoms with van der Waals surface area (Å²) in [5.74, 6) is 0.639. The molecule has 1 aliphatic carbocycles. The van der Waals surface area contributed by atoms with Crippen LogP contribution in [0.4, 0.5) is 0 Å². The van der Waals surface area contributed by atoms with Gasteiger partial charge < -0.3 is 11.1 Å². The Morgan fingerprint density at radius 1 is 1.43 bits per heavy atom. The van der Waals surface area contributed by atoms with E-state index in [9.17, 15) is 0 Å². The maximum atomic E-state index is 6.05. The van der Waals surface area contributed by atoms with Crippen molar-refractivity contribution in [2.24, 2.45) is 11.7 Å². The molecule has 14 heavy (non-hydrogen) atoms. The van der Waals surface area contributed by atoms with Gasteiger partial charge in [-0.1, -0.05) is 26.2 Å². The zero-order valence-corrected chi connectivity index (χ0v) is 9.55. The van der Waals surface area contributed by atoms with Crippen molar-refractivity contribution in [2.75, 3.05) is 0 Å². The number of hydrogen-bond donors (Lipinski definition) is 2. The number of nitrogens with one attached hydrogen (secondary N) is 1. The summed E-state index contributed by atoms with van der Waals surface area (Å²) in [6.07, 6.45) is 9.83. The zero-order valence-electron chi connectivity index (χ0n) is 9.55. The standard InChI is InChI=1S/C12H24N2/c1-3-10(2)14-9-12(13)11-7-5-4-6-8-11/h9-11,14H,3-8,13H2,1-2H3/b12-9-. The van der Waals surface area contributed by atoms with Crippen LogP contribution in [0.15, 0.2) is 11.9 Å². The Bertz CT molecular complexity index is 181. The molecular formula is C12H24N2. The summed E-state index contributed by atoms with van der Waals surface area (Å²) in [5.41, 5.74) is 7.11. The van der Waals surface area contributed by atoms with Crippen molar-refractivity contribution in [2.45, 2.75) is 58.4 Å². The van der Waals surface area contributed by atoms with Gasteiger partial charge in [0.1, 0.15) is 0 Å². The van der Waals surface area contributed by atoms with Crippen LogP contribution in [0.1, 0.15) is 52.4 Å². The summed E-state index contributed by atoms with van der Waals surface area (Å²) in [6.45, 7) is 4.37. The van der Waals surface area contributed by atoms with Crippen LogP contribution < -0.4 is 11.1 Å². The van der Waals surface area contributed by atoms with E-state index in [2.05, 4.69) is 19.2 Å². The lowest BCUT2D eigenvalue weighted by atomic mass is 9.87. The largest absolute Gasteiger partial charge is 0.401 e. The fourth-order valence-corrected chi connectivity index (χ4v) is 1.91.